The van der Waals surface area contributed by atoms with E-state index >= 15 is 0 Å². The van der Waals surface area contributed by atoms with Crippen molar-refractivity contribution in [1.29, 1.82) is 0 Å². The summed E-state index contributed by atoms with van der Waals surface area (Å²) in [5.74, 6) is -1.10. The van der Waals surface area contributed by atoms with E-state index in [0.717, 1.165) is 5.56 Å². The Bertz CT molecular complexity index is 382. The van der Waals surface area contributed by atoms with E-state index in [2.05, 4.69) is 9.99 Å². The number of hydrogen-bond donors (Lipinski definition) is 1. The summed E-state index contributed by atoms with van der Waals surface area (Å²) in [4.78, 5) is 15.3. The minimum Gasteiger partial charge on any atom is -1.00 e. The monoisotopic (exact) mass is 217 g/mol. The molecule has 0 spiro atoms. The van der Waals surface area contributed by atoms with E-state index in [-0.39, 0.29) is 36.7 Å². The Morgan fingerprint density at radius 3 is 2.53 bits per heavy atom. The van der Waals surface area contributed by atoms with E-state index in [4.69, 9.17) is 5.11 Å². The number of aliphatic carboxylic acids is 1. The number of rotatable bonds is 3. The number of hydrogen-bond acceptors (Lipinski definition) is 3. The third kappa shape index (κ3) is 3.66. The summed E-state index contributed by atoms with van der Waals surface area (Å²) in [6, 6.07) is 7.12. The van der Waals surface area contributed by atoms with E-state index in [1.165, 1.54) is 7.11 Å². The van der Waals surface area contributed by atoms with Crippen LogP contribution in [0.2, 0.25) is 0 Å². The van der Waals surface area contributed by atoms with Gasteiger partial charge in [0.2, 0.25) is 0 Å². The van der Waals surface area contributed by atoms with Gasteiger partial charge in [-0.3, -0.25) is 0 Å². The molecule has 0 aromatic heterocycles. The second-order valence-corrected chi connectivity index (χ2v) is 2.74. The molecule has 0 atom stereocenters. The van der Waals surface area contributed by atoms with Gasteiger partial charge in [0.1, 0.15) is 7.11 Å². The second kappa shape index (κ2) is 6.61. The molecular formula is C10H12NNaO3. The minimum atomic E-state index is -1.10. The van der Waals surface area contributed by atoms with E-state index in [9.17, 15) is 4.79 Å². The van der Waals surface area contributed by atoms with Crippen molar-refractivity contribution in [3.05, 3.63) is 35.4 Å². The zero-order chi connectivity index (χ0) is 10.6. The molecule has 0 bridgehead atoms. The molecule has 0 aliphatic heterocycles. The molecule has 4 nitrogen and oxygen atoms in total. The van der Waals surface area contributed by atoms with Gasteiger partial charge < -0.3 is 11.4 Å². The Morgan fingerprint density at radius 1 is 1.47 bits per heavy atom. The summed E-state index contributed by atoms with van der Waals surface area (Å²) < 4.78 is 0. The first-order valence-corrected chi connectivity index (χ1v) is 4.07. The summed E-state index contributed by atoms with van der Waals surface area (Å²) in [6.07, 6.45) is 0. The van der Waals surface area contributed by atoms with Crippen LogP contribution in [0.1, 0.15) is 12.6 Å². The van der Waals surface area contributed by atoms with Crippen molar-refractivity contribution >= 4 is 11.7 Å². The van der Waals surface area contributed by atoms with Gasteiger partial charge in [0, 0.05) is 5.56 Å². The average molecular weight is 217 g/mol. The molecule has 0 aliphatic carbocycles. The van der Waals surface area contributed by atoms with E-state index in [1.807, 2.05) is 19.1 Å². The Labute approximate surface area is 112 Å². The number of carbonyl (C=O) groups is 1. The topological polar surface area (TPSA) is 58.9 Å². The molecule has 0 unspecified atom stereocenters. The first-order valence-electron chi connectivity index (χ1n) is 4.07. The zero-order valence-corrected chi connectivity index (χ0v) is 11.0. The van der Waals surface area contributed by atoms with Crippen molar-refractivity contribution < 1.29 is 45.7 Å². The minimum absolute atomic E-state index is 0. The summed E-state index contributed by atoms with van der Waals surface area (Å²) in [5.41, 5.74) is 1.35. The molecule has 0 fully saturated rings. The van der Waals surface area contributed by atoms with Crippen molar-refractivity contribution in [1.82, 2.24) is 0 Å². The summed E-state index contributed by atoms with van der Waals surface area (Å²) >= 11 is 0. The van der Waals surface area contributed by atoms with Crippen LogP contribution >= 0.6 is 0 Å². The molecule has 1 aromatic rings. The van der Waals surface area contributed by atoms with E-state index < -0.39 is 5.97 Å². The van der Waals surface area contributed by atoms with Crippen LogP contribution in [0.5, 0.6) is 0 Å². The number of carboxylic acids is 1. The maximum absolute atomic E-state index is 10.8. The normalized spacial score (nSPS) is 10.4. The van der Waals surface area contributed by atoms with Crippen LogP contribution in [0.25, 0.3) is 0 Å². The summed E-state index contributed by atoms with van der Waals surface area (Å²) in [5, 5.41) is 12.3. The van der Waals surface area contributed by atoms with Crippen molar-refractivity contribution in [3.8, 4) is 0 Å². The fraction of sp³-hybridized carbons (Fsp3) is 0.200. The van der Waals surface area contributed by atoms with Gasteiger partial charge in [0.25, 0.3) is 0 Å². The summed E-state index contributed by atoms with van der Waals surface area (Å²) in [6.45, 7) is 1.82. The predicted octanol–water partition coefficient (Wildman–Crippen LogP) is -1.45. The molecule has 0 heterocycles. The smallest absolute Gasteiger partial charge is 1.00 e. The average Bonchev–Trinajstić information content (AvgIpc) is 2.15. The fourth-order valence-electron chi connectivity index (χ4n) is 1.13. The Hall–Kier alpha value is -0.840. The van der Waals surface area contributed by atoms with Gasteiger partial charge in [0.15, 0.2) is 5.71 Å². The molecule has 1 N–H and O–H groups in total. The number of carboxylic acid groups (broad SMARTS) is 1. The Morgan fingerprint density at radius 2 is 2.07 bits per heavy atom. The molecule has 0 radical (unpaired) electrons. The van der Waals surface area contributed by atoms with Gasteiger partial charge in [-0.15, -0.1) is 0 Å². The number of nitrogens with zero attached hydrogens (tertiary/aromatic N) is 1. The largest absolute Gasteiger partial charge is 1.00 e. The molecule has 5 heteroatoms. The van der Waals surface area contributed by atoms with E-state index in [1.54, 1.807) is 12.1 Å². The first kappa shape index (κ1) is 14.2. The van der Waals surface area contributed by atoms with Crippen LogP contribution in [0.4, 0.5) is 0 Å². The molecule has 0 saturated carbocycles. The summed E-state index contributed by atoms with van der Waals surface area (Å²) in [7, 11) is 1.32. The van der Waals surface area contributed by atoms with Crippen molar-refractivity contribution in [3.63, 3.8) is 0 Å². The number of aryl methyl sites for hydroxylation is 1. The zero-order valence-electron chi connectivity index (χ0n) is 10.0. The third-order valence-corrected chi connectivity index (χ3v) is 1.79. The van der Waals surface area contributed by atoms with Crippen LogP contribution in [0.15, 0.2) is 29.4 Å². The maximum atomic E-state index is 10.8. The van der Waals surface area contributed by atoms with Gasteiger partial charge in [0.05, 0.1) is 0 Å². The van der Waals surface area contributed by atoms with Crippen LogP contribution in [-0.4, -0.2) is 23.9 Å². The molecule has 1 rings (SSSR count). The Balaban J connectivity index is 0. The molecule has 0 amide bonds. The van der Waals surface area contributed by atoms with Crippen LogP contribution in [-0.2, 0) is 9.63 Å². The number of benzene rings is 1. The van der Waals surface area contributed by atoms with Crippen molar-refractivity contribution in [2.75, 3.05) is 7.11 Å². The Kier molecular flexibility index (Phi) is 6.24. The van der Waals surface area contributed by atoms with Gasteiger partial charge in [-0.25, -0.2) is 4.79 Å². The third-order valence-electron chi connectivity index (χ3n) is 1.79. The SMILES string of the molecule is CO/N=C(/C(=O)O)c1ccccc1C.[H-].[Na+]. The predicted molar refractivity (Wildman–Crippen MR) is 53.5 cm³/mol. The van der Waals surface area contributed by atoms with Gasteiger partial charge in [-0.2, -0.15) is 0 Å². The first-order chi connectivity index (χ1) is 6.66. The molecule has 15 heavy (non-hydrogen) atoms. The van der Waals surface area contributed by atoms with Crippen LogP contribution in [0, 0.1) is 6.92 Å². The number of oxime groups is 1. The van der Waals surface area contributed by atoms with Gasteiger partial charge in [-0.05, 0) is 12.5 Å². The molecule has 1 aromatic carbocycles. The van der Waals surface area contributed by atoms with E-state index in [0.29, 0.717) is 5.56 Å². The quantitative estimate of drug-likeness (QED) is 0.383. The van der Waals surface area contributed by atoms with Crippen molar-refractivity contribution in [2.24, 2.45) is 5.16 Å². The molecule has 76 valence electrons. The van der Waals surface area contributed by atoms with Gasteiger partial charge in [-0.1, -0.05) is 29.4 Å². The standard InChI is InChI=1S/C10H11NO3.Na.H/c1-7-5-3-4-6-8(7)9(10(12)13)11-14-2;;/h3-6H,1-2H3,(H,12,13);;/q;+1;-1/b11-9+;;. The second-order valence-electron chi connectivity index (χ2n) is 2.74. The maximum Gasteiger partial charge on any atom is 1.00 e. The molecular weight excluding hydrogens is 205 g/mol. The van der Waals surface area contributed by atoms with Gasteiger partial charge >= 0.3 is 35.5 Å². The molecule has 0 saturated heterocycles. The van der Waals surface area contributed by atoms with Crippen molar-refractivity contribution in [2.45, 2.75) is 6.92 Å². The van der Waals surface area contributed by atoms with Crippen LogP contribution in [0.3, 0.4) is 0 Å². The van der Waals surface area contributed by atoms with Crippen LogP contribution < -0.4 is 29.6 Å². The molecule has 0 aliphatic rings. The fourth-order valence-corrected chi connectivity index (χ4v) is 1.13.